The highest BCUT2D eigenvalue weighted by molar-refractivity contribution is 5.96. The van der Waals surface area contributed by atoms with Gasteiger partial charge in [-0.15, -0.1) is 0 Å². The van der Waals surface area contributed by atoms with Crippen LogP contribution in [0.4, 0.5) is 0 Å². The molecule has 1 atom stereocenters. The summed E-state index contributed by atoms with van der Waals surface area (Å²) in [5.74, 6) is -0.509. The molecule has 3 rings (SSSR count). The van der Waals surface area contributed by atoms with Gasteiger partial charge in [0, 0.05) is 32.0 Å². The van der Waals surface area contributed by atoms with Crippen molar-refractivity contribution in [1.82, 2.24) is 15.5 Å². The Morgan fingerprint density at radius 1 is 1.07 bits per heavy atom. The van der Waals surface area contributed by atoms with Gasteiger partial charge in [-0.25, -0.2) is 0 Å². The number of amides is 3. The molecule has 0 aliphatic carbocycles. The van der Waals surface area contributed by atoms with Crippen LogP contribution in [-0.4, -0.2) is 41.8 Å². The summed E-state index contributed by atoms with van der Waals surface area (Å²) in [5, 5.41) is 5.59. The van der Waals surface area contributed by atoms with E-state index >= 15 is 0 Å². The molecular formula is C21H25N3O4. The Morgan fingerprint density at radius 2 is 1.79 bits per heavy atom. The molecule has 1 aliphatic heterocycles. The van der Waals surface area contributed by atoms with Crippen molar-refractivity contribution >= 4 is 17.7 Å². The van der Waals surface area contributed by atoms with Gasteiger partial charge < -0.3 is 20.0 Å². The Hall–Kier alpha value is -3.09. The molecular weight excluding hydrogens is 358 g/mol. The monoisotopic (exact) mass is 383 g/mol. The highest BCUT2D eigenvalue weighted by Gasteiger charge is 2.35. The predicted octanol–water partition coefficient (Wildman–Crippen LogP) is 1.74. The second-order valence-corrected chi connectivity index (χ2v) is 7.14. The van der Waals surface area contributed by atoms with Gasteiger partial charge in [-0.05, 0) is 23.3 Å². The molecule has 0 saturated carbocycles. The molecule has 7 nitrogen and oxygen atoms in total. The smallest absolute Gasteiger partial charge is 0.290 e. The number of benzene rings is 1. The molecule has 0 radical (unpaired) electrons. The normalized spacial score (nSPS) is 15.8. The molecule has 28 heavy (non-hydrogen) atoms. The molecule has 7 heteroatoms. The van der Waals surface area contributed by atoms with Crippen molar-refractivity contribution < 1.29 is 18.8 Å². The van der Waals surface area contributed by atoms with Crippen LogP contribution in [0.15, 0.2) is 47.1 Å². The van der Waals surface area contributed by atoms with Crippen LogP contribution in [-0.2, 0) is 22.6 Å². The van der Waals surface area contributed by atoms with Crippen LogP contribution in [0.1, 0.15) is 35.5 Å². The predicted molar refractivity (Wildman–Crippen MR) is 103 cm³/mol. The number of furan rings is 1. The van der Waals surface area contributed by atoms with Crippen molar-refractivity contribution in [3.63, 3.8) is 0 Å². The molecule has 1 aromatic carbocycles. The van der Waals surface area contributed by atoms with Gasteiger partial charge in [-0.1, -0.05) is 38.1 Å². The van der Waals surface area contributed by atoms with E-state index in [-0.39, 0.29) is 29.4 Å². The fraction of sp³-hybridized carbons (Fsp3) is 0.381. The highest BCUT2D eigenvalue weighted by Crippen LogP contribution is 2.25. The summed E-state index contributed by atoms with van der Waals surface area (Å²) in [7, 11) is 0. The van der Waals surface area contributed by atoms with E-state index in [2.05, 4.69) is 10.6 Å². The van der Waals surface area contributed by atoms with Gasteiger partial charge >= 0.3 is 0 Å². The lowest BCUT2D eigenvalue weighted by Gasteiger charge is -2.35. The minimum Gasteiger partial charge on any atom is -0.459 e. The first-order valence-corrected chi connectivity index (χ1v) is 9.44. The quantitative estimate of drug-likeness (QED) is 0.743. The Labute approximate surface area is 164 Å². The standard InChI is InChI=1S/C21H25N3O4/c1-14(2)19(25)22-9-10-23-20(26)17-12-15-6-3-4-7-16(15)13-24(17)21(27)18-8-5-11-28-18/h3-8,11,14,17H,9-10,12-13H2,1-2H3,(H,22,25)(H,23,26). The van der Waals surface area contributed by atoms with Crippen molar-refractivity contribution in [2.45, 2.75) is 32.9 Å². The molecule has 0 saturated heterocycles. The maximum Gasteiger partial charge on any atom is 0.290 e. The van der Waals surface area contributed by atoms with Crippen LogP contribution >= 0.6 is 0 Å². The van der Waals surface area contributed by atoms with E-state index in [4.69, 9.17) is 4.42 Å². The van der Waals surface area contributed by atoms with E-state index < -0.39 is 6.04 Å². The molecule has 2 aromatic rings. The van der Waals surface area contributed by atoms with Crippen LogP contribution in [0.5, 0.6) is 0 Å². The van der Waals surface area contributed by atoms with Crippen molar-refractivity contribution in [1.29, 1.82) is 0 Å². The molecule has 148 valence electrons. The summed E-state index contributed by atoms with van der Waals surface area (Å²) in [6.45, 7) is 4.62. The third kappa shape index (κ3) is 4.42. The minimum absolute atomic E-state index is 0.0598. The Kier molecular flexibility index (Phi) is 6.13. The van der Waals surface area contributed by atoms with Gasteiger partial charge in [-0.3, -0.25) is 14.4 Å². The first-order valence-electron chi connectivity index (χ1n) is 9.44. The molecule has 0 spiro atoms. The van der Waals surface area contributed by atoms with Crippen molar-refractivity contribution in [3.8, 4) is 0 Å². The molecule has 1 aromatic heterocycles. The lowest BCUT2D eigenvalue weighted by Crippen LogP contribution is -2.53. The zero-order valence-electron chi connectivity index (χ0n) is 16.1. The fourth-order valence-corrected chi connectivity index (χ4v) is 3.21. The van der Waals surface area contributed by atoms with Gasteiger partial charge in [0.25, 0.3) is 5.91 Å². The number of hydrogen-bond acceptors (Lipinski definition) is 4. The van der Waals surface area contributed by atoms with Crippen LogP contribution < -0.4 is 10.6 Å². The van der Waals surface area contributed by atoms with E-state index in [0.717, 1.165) is 11.1 Å². The number of carbonyl (C=O) groups is 3. The lowest BCUT2D eigenvalue weighted by molar-refractivity contribution is -0.127. The van der Waals surface area contributed by atoms with Gasteiger partial charge in [-0.2, -0.15) is 0 Å². The van der Waals surface area contributed by atoms with Crippen LogP contribution in [0, 0.1) is 5.92 Å². The Bertz CT molecular complexity index is 845. The first-order chi connectivity index (χ1) is 13.5. The molecule has 1 aliphatic rings. The largest absolute Gasteiger partial charge is 0.459 e. The van der Waals surface area contributed by atoms with Crippen LogP contribution in [0.25, 0.3) is 0 Å². The van der Waals surface area contributed by atoms with E-state index in [1.807, 2.05) is 38.1 Å². The fourth-order valence-electron chi connectivity index (χ4n) is 3.21. The van der Waals surface area contributed by atoms with E-state index in [1.54, 1.807) is 17.0 Å². The van der Waals surface area contributed by atoms with Crippen molar-refractivity contribution in [2.75, 3.05) is 13.1 Å². The molecule has 0 bridgehead atoms. The molecule has 1 unspecified atom stereocenters. The topological polar surface area (TPSA) is 91.7 Å². The third-order valence-corrected chi connectivity index (χ3v) is 4.79. The summed E-state index contributed by atoms with van der Waals surface area (Å²) in [6.07, 6.45) is 1.88. The van der Waals surface area contributed by atoms with Crippen molar-refractivity contribution in [2.24, 2.45) is 5.92 Å². The number of fused-ring (bicyclic) bond motifs is 1. The second-order valence-electron chi connectivity index (χ2n) is 7.14. The maximum absolute atomic E-state index is 12.9. The SMILES string of the molecule is CC(C)C(=O)NCCNC(=O)C1Cc2ccccc2CN1C(=O)c1ccco1. The van der Waals surface area contributed by atoms with Gasteiger partial charge in [0.15, 0.2) is 5.76 Å². The number of rotatable bonds is 6. The first kappa shape index (κ1) is 19.7. The van der Waals surface area contributed by atoms with Gasteiger partial charge in [0.1, 0.15) is 6.04 Å². The van der Waals surface area contributed by atoms with E-state index in [9.17, 15) is 14.4 Å². The zero-order chi connectivity index (χ0) is 20.1. The summed E-state index contributed by atoms with van der Waals surface area (Å²) >= 11 is 0. The average molecular weight is 383 g/mol. The molecule has 2 heterocycles. The van der Waals surface area contributed by atoms with E-state index in [0.29, 0.717) is 26.1 Å². The number of carbonyl (C=O) groups excluding carboxylic acids is 3. The lowest BCUT2D eigenvalue weighted by atomic mass is 9.93. The average Bonchev–Trinajstić information content (AvgIpc) is 3.24. The van der Waals surface area contributed by atoms with Crippen LogP contribution in [0.3, 0.4) is 0 Å². The zero-order valence-corrected chi connectivity index (χ0v) is 16.1. The minimum atomic E-state index is -0.631. The van der Waals surface area contributed by atoms with E-state index in [1.165, 1.54) is 6.26 Å². The highest BCUT2D eigenvalue weighted by atomic mass is 16.3. The number of nitrogens with one attached hydrogen (secondary N) is 2. The number of hydrogen-bond donors (Lipinski definition) is 2. The molecule has 2 N–H and O–H groups in total. The third-order valence-electron chi connectivity index (χ3n) is 4.79. The number of nitrogens with zero attached hydrogens (tertiary/aromatic N) is 1. The van der Waals surface area contributed by atoms with Crippen molar-refractivity contribution in [3.05, 3.63) is 59.5 Å². The summed E-state index contributed by atoms with van der Waals surface area (Å²) in [5.41, 5.74) is 2.08. The summed E-state index contributed by atoms with van der Waals surface area (Å²) in [4.78, 5) is 38.9. The molecule has 0 fully saturated rings. The summed E-state index contributed by atoms with van der Waals surface area (Å²) in [6, 6.07) is 10.4. The second kappa shape index (κ2) is 8.73. The van der Waals surface area contributed by atoms with Gasteiger partial charge in [0.05, 0.1) is 6.26 Å². The summed E-state index contributed by atoms with van der Waals surface area (Å²) < 4.78 is 5.24. The Morgan fingerprint density at radius 3 is 2.46 bits per heavy atom. The van der Waals surface area contributed by atoms with Crippen LogP contribution in [0.2, 0.25) is 0 Å². The molecule has 3 amide bonds. The maximum atomic E-state index is 12.9. The van der Waals surface area contributed by atoms with Gasteiger partial charge in [0.2, 0.25) is 11.8 Å². The Balaban J connectivity index is 1.69.